The second-order valence-electron chi connectivity index (χ2n) is 3.72. The highest BCUT2D eigenvalue weighted by Crippen LogP contribution is 2.15. The molecule has 0 radical (unpaired) electrons. The van der Waals surface area contributed by atoms with Gasteiger partial charge in [-0.3, -0.25) is 4.98 Å². The maximum atomic E-state index is 10.8. The zero-order valence-electron chi connectivity index (χ0n) is 9.74. The first-order valence-corrected chi connectivity index (χ1v) is 5.39. The summed E-state index contributed by atoms with van der Waals surface area (Å²) in [5.74, 6) is -0.781. The van der Waals surface area contributed by atoms with Crippen molar-refractivity contribution in [1.82, 2.24) is 15.0 Å². The number of carboxylic acid groups (broad SMARTS) is 1. The van der Waals surface area contributed by atoms with Gasteiger partial charge in [-0.1, -0.05) is 0 Å². The van der Waals surface area contributed by atoms with Gasteiger partial charge in [0.15, 0.2) is 5.69 Å². The van der Waals surface area contributed by atoms with Crippen molar-refractivity contribution in [2.24, 2.45) is 0 Å². The lowest BCUT2D eigenvalue weighted by atomic mass is 10.1. The average molecular weight is 244 g/mol. The summed E-state index contributed by atoms with van der Waals surface area (Å²) in [5, 5.41) is 11.9. The summed E-state index contributed by atoms with van der Waals surface area (Å²) in [6, 6.07) is 5.07. The number of pyridine rings is 1. The Balaban J connectivity index is 2.14. The summed E-state index contributed by atoms with van der Waals surface area (Å²) in [6.45, 7) is 1.94. The molecule has 0 spiro atoms. The van der Waals surface area contributed by atoms with E-state index in [9.17, 15) is 4.79 Å². The lowest BCUT2D eigenvalue weighted by Gasteiger charge is -2.13. The first-order valence-electron chi connectivity index (χ1n) is 5.39. The third kappa shape index (κ3) is 2.79. The molecule has 0 saturated carbocycles. The van der Waals surface area contributed by atoms with Crippen LogP contribution in [0.5, 0.6) is 0 Å². The predicted molar refractivity (Wildman–Crippen MR) is 65.3 cm³/mol. The molecular formula is C12H12N4O2. The van der Waals surface area contributed by atoms with Crippen LogP contribution in [0.15, 0.2) is 36.8 Å². The molecule has 0 aliphatic heterocycles. The number of anilines is 1. The minimum atomic E-state index is -1.07. The van der Waals surface area contributed by atoms with Gasteiger partial charge in [0.2, 0.25) is 5.95 Å². The number of nitrogens with zero attached hydrogens (tertiary/aromatic N) is 3. The third-order valence-corrected chi connectivity index (χ3v) is 2.43. The van der Waals surface area contributed by atoms with Gasteiger partial charge in [-0.25, -0.2) is 14.8 Å². The molecule has 2 aromatic heterocycles. The van der Waals surface area contributed by atoms with Crippen molar-refractivity contribution < 1.29 is 9.90 Å². The van der Waals surface area contributed by atoms with Crippen LogP contribution in [0, 0.1) is 0 Å². The largest absolute Gasteiger partial charge is 0.477 e. The molecule has 6 heteroatoms. The van der Waals surface area contributed by atoms with Crippen LogP contribution in [0.4, 0.5) is 5.95 Å². The fourth-order valence-corrected chi connectivity index (χ4v) is 1.48. The summed E-state index contributed by atoms with van der Waals surface area (Å²) in [4.78, 5) is 22.6. The van der Waals surface area contributed by atoms with Crippen LogP contribution < -0.4 is 5.32 Å². The van der Waals surface area contributed by atoms with E-state index in [-0.39, 0.29) is 11.7 Å². The molecular weight excluding hydrogens is 232 g/mol. The van der Waals surface area contributed by atoms with E-state index < -0.39 is 5.97 Å². The number of aromatic carboxylic acids is 1. The van der Waals surface area contributed by atoms with Crippen LogP contribution in [0.2, 0.25) is 0 Å². The molecule has 0 aliphatic carbocycles. The number of nitrogens with one attached hydrogen (secondary N) is 1. The van der Waals surface area contributed by atoms with Crippen LogP contribution in [0.3, 0.4) is 0 Å². The molecule has 2 heterocycles. The quantitative estimate of drug-likeness (QED) is 0.851. The summed E-state index contributed by atoms with van der Waals surface area (Å²) < 4.78 is 0. The predicted octanol–water partition coefficient (Wildman–Crippen LogP) is 1.74. The fraction of sp³-hybridized carbons (Fsp3) is 0.167. The van der Waals surface area contributed by atoms with E-state index in [0.29, 0.717) is 5.95 Å². The lowest BCUT2D eigenvalue weighted by Crippen LogP contribution is -2.11. The molecule has 2 N–H and O–H groups in total. The minimum Gasteiger partial charge on any atom is -0.477 e. The van der Waals surface area contributed by atoms with Gasteiger partial charge in [-0.05, 0) is 30.7 Å². The minimum absolute atomic E-state index is 0.0305. The number of hydrogen-bond donors (Lipinski definition) is 2. The van der Waals surface area contributed by atoms with Gasteiger partial charge in [0.25, 0.3) is 0 Å². The Kier molecular flexibility index (Phi) is 3.47. The zero-order chi connectivity index (χ0) is 13.0. The molecule has 0 fully saturated rings. The number of hydrogen-bond acceptors (Lipinski definition) is 5. The summed E-state index contributed by atoms with van der Waals surface area (Å²) in [6.07, 6.45) is 4.81. The zero-order valence-corrected chi connectivity index (χ0v) is 9.74. The second-order valence-corrected chi connectivity index (χ2v) is 3.72. The standard InChI is InChI=1S/C12H12N4O2/c1-8(9-2-5-13-6-3-9)15-12-14-7-4-10(16-12)11(17)18/h2-8H,1H3,(H,17,18)(H,14,15,16). The second kappa shape index (κ2) is 5.22. The molecule has 0 aliphatic rings. The summed E-state index contributed by atoms with van der Waals surface area (Å²) in [5.41, 5.74) is 0.990. The molecule has 92 valence electrons. The Labute approximate surface area is 104 Å². The van der Waals surface area contributed by atoms with E-state index >= 15 is 0 Å². The maximum Gasteiger partial charge on any atom is 0.354 e. The molecule has 0 saturated heterocycles. The third-order valence-electron chi connectivity index (χ3n) is 2.43. The molecule has 0 bridgehead atoms. The highest BCUT2D eigenvalue weighted by atomic mass is 16.4. The van der Waals surface area contributed by atoms with Gasteiger partial charge in [-0.2, -0.15) is 0 Å². The average Bonchev–Trinajstić information content (AvgIpc) is 2.40. The Morgan fingerprint density at radius 3 is 2.67 bits per heavy atom. The highest BCUT2D eigenvalue weighted by Gasteiger charge is 2.09. The van der Waals surface area contributed by atoms with E-state index in [1.54, 1.807) is 12.4 Å². The monoisotopic (exact) mass is 244 g/mol. The van der Waals surface area contributed by atoms with E-state index in [2.05, 4.69) is 20.3 Å². The molecule has 1 atom stereocenters. The van der Waals surface area contributed by atoms with Gasteiger partial charge < -0.3 is 10.4 Å². The van der Waals surface area contributed by atoms with E-state index in [0.717, 1.165) is 5.56 Å². The number of carboxylic acids is 1. The topological polar surface area (TPSA) is 88.0 Å². The smallest absolute Gasteiger partial charge is 0.354 e. The van der Waals surface area contributed by atoms with Crippen molar-refractivity contribution >= 4 is 11.9 Å². The molecule has 0 amide bonds. The Bertz CT molecular complexity index is 545. The highest BCUT2D eigenvalue weighted by molar-refractivity contribution is 5.85. The lowest BCUT2D eigenvalue weighted by molar-refractivity contribution is 0.0690. The van der Waals surface area contributed by atoms with Crippen LogP contribution in [-0.2, 0) is 0 Å². The van der Waals surface area contributed by atoms with Crippen LogP contribution in [-0.4, -0.2) is 26.0 Å². The summed E-state index contributed by atoms with van der Waals surface area (Å²) in [7, 11) is 0. The van der Waals surface area contributed by atoms with E-state index in [1.807, 2.05) is 19.1 Å². The van der Waals surface area contributed by atoms with Crippen LogP contribution in [0.25, 0.3) is 0 Å². The number of aromatic nitrogens is 3. The van der Waals surface area contributed by atoms with Crippen LogP contribution in [0.1, 0.15) is 29.0 Å². The van der Waals surface area contributed by atoms with Gasteiger partial charge in [0.05, 0.1) is 6.04 Å². The van der Waals surface area contributed by atoms with Crippen molar-refractivity contribution in [2.75, 3.05) is 5.32 Å². The number of rotatable bonds is 4. The van der Waals surface area contributed by atoms with Gasteiger partial charge in [0, 0.05) is 18.6 Å². The maximum absolute atomic E-state index is 10.8. The van der Waals surface area contributed by atoms with Gasteiger partial charge >= 0.3 is 5.97 Å². The van der Waals surface area contributed by atoms with Gasteiger partial charge in [0.1, 0.15) is 0 Å². The first-order chi connectivity index (χ1) is 8.66. The molecule has 0 aromatic carbocycles. The molecule has 1 unspecified atom stereocenters. The Morgan fingerprint density at radius 1 is 1.28 bits per heavy atom. The first kappa shape index (κ1) is 12.0. The van der Waals surface area contributed by atoms with Crippen LogP contribution >= 0.6 is 0 Å². The van der Waals surface area contributed by atoms with Gasteiger partial charge in [-0.15, -0.1) is 0 Å². The molecule has 6 nitrogen and oxygen atoms in total. The Hall–Kier alpha value is -2.50. The Morgan fingerprint density at radius 2 is 2.00 bits per heavy atom. The molecule has 18 heavy (non-hydrogen) atoms. The van der Waals surface area contributed by atoms with E-state index in [4.69, 9.17) is 5.11 Å². The van der Waals surface area contributed by atoms with E-state index in [1.165, 1.54) is 12.3 Å². The number of carbonyl (C=O) groups is 1. The molecule has 2 aromatic rings. The van der Waals surface area contributed by atoms with Crippen molar-refractivity contribution in [2.45, 2.75) is 13.0 Å². The van der Waals surface area contributed by atoms with Crippen molar-refractivity contribution in [3.63, 3.8) is 0 Å². The van der Waals surface area contributed by atoms with Crippen molar-refractivity contribution in [1.29, 1.82) is 0 Å². The normalized spacial score (nSPS) is 11.8. The molecule has 2 rings (SSSR count). The summed E-state index contributed by atoms with van der Waals surface area (Å²) >= 11 is 0. The SMILES string of the molecule is CC(Nc1nccc(C(=O)O)n1)c1ccncc1. The fourth-order valence-electron chi connectivity index (χ4n) is 1.48. The van der Waals surface area contributed by atoms with Crippen molar-refractivity contribution in [3.05, 3.63) is 48.0 Å². The van der Waals surface area contributed by atoms with Crippen molar-refractivity contribution in [3.8, 4) is 0 Å².